The van der Waals surface area contributed by atoms with Gasteiger partial charge in [-0.2, -0.15) is 0 Å². The maximum absolute atomic E-state index is 12.2. The predicted molar refractivity (Wildman–Crippen MR) is 94.4 cm³/mol. The SMILES string of the molecule is O=C(NCc1ccccc1)c1cc(Nc2ccc(Cl)cc2)ncn1. The average molecular weight is 339 g/mol. The number of hydrogen-bond acceptors (Lipinski definition) is 4. The third-order valence-electron chi connectivity index (χ3n) is 3.31. The first kappa shape index (κ1) is 16.0. The van der Waals surface area contributed by atoms with E-state index in [1.807, 2.05) is 42.5 Å². The van der Waals surface area contributed by atoms with Gasteiger partial charge in [0.05, 0.1) is 0 Å². The first-order chi connectivity index (χ1) is 11.7. The highest BCUT2D eigenvalue weighted by atomic mass is 35.5. The van der Waals surface area contributed by atoms with Gasteiger partial charge in [-0.15, -0.1) is 0 Å². The van der Waals surface area contributed by atoms with E-state index in [4.69, 9.17) is 11.6 Å². The number of anilines is 2. The Morgan fingerprint density at radius 2 is 1.75 bits per heavy atom. The molecule has 2 N–H and O–H groups in total. The number of hydrogen-bond donors (Lipinski definition) is 2. The number of nitrogens with one attached hydrogen (secondary N) is 2. The van der Waals surface area contributed by atoms with Crippen LogP contribution >= 0.6 is 11.6 Å². The van der Waals surface area contributed by atoms with Gasteiger partial charge < -0.3 is 10.6 Å². The zero-order valence-electron chi connectivity index (χ0n) is 12.7. The highest BCUT2D eigenvalue weighted by molar-refractivity contribution is 6.30. The zero-order valence-corrected chi connectivity index (χ0v) is 13.5. The fourth-order valence-corrected chi connectivity index (χ4v) is 2.23. The summed E-state index contributed by atoms with van der Waals surface area (Å²) in [5, 5.41) is 6.61. The Balaban J connectivity index is 1.65. The molecule has 120 valence electrons. The summed E-state index contributed by atoms with van der Waals surface area (Å²) < 4.78 is 0. The Morgan fingerprint density at radius 3 is 2.50 bits per heavy atom. The van der Waals surface area contributed by atoms with Crippen LogP contribution in [0.15, 0.2) is 67.0 Å². The minimum absolute atomic E-state index is 0.250. The lowest BCUT2D eigenvalue weighted by Gasteiger charge is -2.08. The van der Waals surface area contributed by atoms with Gasteiger partial charge in [0, 0.05) is 23.3 Å². The van der Waals surface area contributed by atoms with E-state index >= 15 is 0 Å². The quantitative estimate of drug-likeness (QED) is 0.742. The van der Waals surface area contributed by atoms with Gasteiger partial charge in [0.25, 0.3) is 5.91 Å². The van der Waals surface area contributed by atoms with Crippen LogP contribution in [0.25, 0.3) is 0 Å². The van der Waals surface area contributed by atoms with Crippen molar-refractivity contribution >= 4 is 29.0 Å². The molecule has 0 aliphatic carbocycles. The largest absolute Gasteiger partial charge is 0.347 e. The molecule has 0 fully saturated rings. The van der Waals surface area contributed by atoms with Crippen molar-refractivity contribution < 1.29 is 4.79 Å². The van der Waals surface area contributed by atoms with Gasteiger partial charge in [-0.05, 0) is 29.8 Å². The fourth-order valence-electron chi connectivity index (χ4n) is 2.10. The molecule has 0 aliphatic heterocycles. The summed E-state index contributed by atoms with van der Waals surface area (Å²) in [6.07, 6.45) is 1.36. The summed E-state index contributed by atoms with van der Waals surface area (Å²) in [6.45, 7) is 0.448. The summed E-state index contributed by atoms with van der Waals surface area (Å²) in [5.74, 6) is 0.289. The van der Waals surface area contributed by atoms with Gasteiger partial charge in [0.15, 0.2) is 0 Å². The predicted octanol–water partition coefficient (Wildman–Crippen LogP) is 3.80. The molecule has 0 bridgehead atoms. The van der Waals surface area contributed by atoms with Crippen LogP contribution in [0.5, 0.6) is 0 Å². The van der Waals surface area contributed by atoms with Crippen molar-refractivity contribution in [3.8, 4) is 0 Å². The molecule has 6 heteroatoms. The van der Waals surface area contributed by atoms with Gasteiger partial charge >= 0.3 is 0 Å². The van der Waals surface area contributed by atoms with Gasteiger partial charge in [-0.25, -0.2) is 9.97 Å². The van der Waals surface area contributed by atoms with Gasteiger partial charge in [-0.3, -0.25) is 4.79 Å². The molecule has 24 heavy (non-hydrogen) atoms. The molecule has 0 saturated carbocycles. The first-order valence-corrected chi connectivity index (χ1v) is 7.75. The van der Waals surface area contributed by atoms with E-state index in [-0.39, 0.29) is 5.91 Å². The molecule has 0 unspecified atom stereocenters. The maximum atomic E-state index is 12.2. The lowest BCUT2D eigenvalue weighted by atomic mass is 10.2. The molecule has 0 saturated heterocycles. The number of rotatable bonds is 5. The number of amides is 1. The molecule has 1 aromatic heterocycles. The summed E-state index contributed by atoms with van der Waals surface area (Å²) in [7, 11) is 0. The van der Waals surface area contributed by atoms with Crippen molar-refractivity contribution in [2.45, 2.75) is 6.54 Å². The van der Waals surface area contributed by atoms with E-state index in [0.29, 0.717) is 23.1 Å². The monoisotopic (exact) mass is 338 g/mol. The van der Waals surface area contributed by atoms with Crippen molar-refractivity contribution in [3.05, 3.63) is 83.3 Å². The van der Waals surface area contributed by atoms with Gasteiger partial charge in [0.1, 0.15) is 17.8 Å². The molecule has 2 aromatic carbocycles. The Hall–Kier alpha value is -2.92. The number of carbonyl (C=O) groups is 1. The van der Waals surface area contributed by atoms with Crippen molar-refractivity contribution in [3.63, 3.8) is 0 Å². The first-order valence-electron chi connectivity index (χ1n) is 7.37. The fraction of sp³-hybridized carbons (Fsp3) is 0.0556. The lowest BCUT2D eigenvalue weighted by Crippen LogP contribution is -2.24. The Kier molecular flexibility index (Phi) is 5.03. The second kappa shape index (κ2) is 7.57. The highest BCUT2D eigenvalue weighted by Gasteiger charge is 2.08. The van der Waals surface area contributed by atoms with Crippen LogP contribution in [-0.4, -0.2) is 15.9 Å². The lowest BCUT2D eigenvalue weighted by molar-refractivity contribution is 0.0946. The highest BCUT2D eigenvalue weighted by Crippen LogP contribution is 2.17. The Labute approximate surface area is 144 Å². The van der Waals surface area contributed by atoms with Crippen LogP contribution in [0.2, 0.25) is 5.02 Å². The Morgan fingerprint density at radius 1 is 1.00 bits per heavy atom. The smallest absolute Gasteiger partial charge is 0.270 e. The molecule has 3 aromatic rings. The summed E-state index contributed by atoms with van der Waals surface area (Å²) in [4.78, 5) is 20.4. The van der Waals surface area contributed by atoms with Crippen molar-refractivity contribution in [2.75, 3.05) is 5.32 Å². The summed E-state index contributed by atoms with van der Waals surface area (Å²) in [5.41, 5.74) is 2.16. The number of nitrogens with zero attached hydrogens (tertiary/aromatic N) is 2. The third-order valence-corrected chi connectivity index (χ3v) is 3.56. The van der Waals surface area contributed by atoms with Gasteiger partial charge in [-0.1, -0.05) is 41.9 Å². The van der Waals surface area contributed by atoms with Crippen LogP contribution in [0.1, 0.15) is 16.1 Å². The average Bonchev–Trinajstić information content (AvgIpc) is 2.63. The molecule has 0 aliphatic rings. The van der Waals surface area contributed by atoms with Crippen molar-refractivity contribution in [2.24, 2.45) is 0 Å². The molecule has 3 rings (SSSR count). The summed E-state index contributed by atoms with van der Waals surface area (Å²) >= 11 is 5.86. The van der Waals surface area contributed by atoms with E-state index in [0.717, 1.165) is 11.3 Å². The van der Waals surface area contributed by atoms with E-state index in [1.54, 1.807) is 18.2 Å². The van der Waals surface area contributed by atoms with E-state index in [1.165, 1.54) is 6.33 Å². The Bertz CT molecular complexity index is 822. The van der Waals surface area contributed by atoms with E-state index in [9.17, 15) is 4.79 Å². The molecule has 1 heterocycles. The maximum Gasteiger partial charge on any atom is 0.270 e. The molecular weight excluding hydrogens is 324 g/mol. The molecule has 0 spiro atoms. The minimum atomic E-state index is -0.250. The molecule has 1 amide bonds. The van der Waals surface area contributed by atoms with Crippen molar-refractivity contribution in [1.29, 1.82) is 0 Å². The second-order valence-corrected chi connectivity index (χ2v) is 5.53. The van der Waals surface area contributed by atoms with Gasteiger partial charge in [0.2, 0.25) is 0 Å². The van der Waals surface area contributed by atoms with Crippen LogP contribution in [0, 0.1) is 0 Å². The normalized spacial score (nSPS) is 10.2. The molecule has 5 nitrogen and oxygen atoms in total. The van der Waals surface area contributed by atoms with Crippen LogP contribution < -0.4 is 10.6 Å². The molecule has 0 atom stereocenters. The van der Waals surface area contributed by atoms with Crippen LogP contribution in [0.4, 0.5) is 11.5 Å². The topological polar surface area (TPSA) is 66.9 Å². The zero-order chi connectivity index (χ0) is 16.8. The number of carbonyl (C=O) groups excluding carboxylic acids is 1. The number of benzene rings is 2. The molecular formula is C18H15ClN4O. The number of halogens is 1. The van der Waals surface area contributed by atoms with E-state index < -0.39 is 0 Å². The minimum Gasteiger partial charge on any atom is -0.347 e. The number of aromatic nitrogens is 2. The standard InChI is InChI=1S/C18H15ClN4O/c19-14-6-8-15(9-7-14)23-17-10-16(21-12-22-17)18(24)20-11-13-4-2-1-3-5-13/h1-10,12H,11H2,(H,20,24)(H,21,22,23). The second-order valence-electron chi connectivity index (χ2n) is 5.09. The van der Waals surface area contributed by atoms with Crippen molar-refractivity contribution in [1.82, 2.24) is 15.3 Å². The molecule has 0 radical (unpaired) electrons. The van der Waals surface area contributed by atoms with Crippen LogP contribution in [0.3, 0.4) is 0 Å². The van der Waals surface area contributed by atoms with E-state index in [2.05, 4.69) is 20.6 Å². The summed E-state index contributed by atoms with van der Waals surface area (Å²) in [6, 6.07) is 18.5. The van der Waals surface area contributed by atoms with Crippen LogP contribution in [-0.2, 0) is 6.54 Å². The third kappa shape index (κ3) is 4.30.